The lowest BCUT2D eigenvalue weighted by Crippen LogP contribution is -1.89. The van der Waals surface area contributed by atoms with Crippen molar-refractivity contribution in [2.75, 3.05) is 0 Å². The maximum Gasteiger partial charge on any atom is 0.486 e. The molecular formula is C24H16N4+2. The number of diazo groups is 2. The molecule has 0 atom stereocenters. The van der Waals surface area contributed by atoms with Crippen molar-refractivity contribution in [1.29, 1.82) is 10.8 Å². The summed E-state index contributed by atoms with van der Waals surface area (Å²) < 4.78 is 0. The highest BCUT2D eigenvalue weighted by Crippen LogP contribution is 2.44. The third-order valence-electron chi connectivity index (χ3n) is 4.74. The van der Waals surface area contributed by atoms with Crippen molar-refractivity contribution in [3.8, 4) is 33.4 Å². The van der Waals surface area contributed by atoms with Gasteiger partial charge >= 0.3 is 11.4 Å². The average Bonchev–Trinajstić information content (AvgIpc) is 2.79. The van der Waals surface area contributed by atoms with E-state index in [1.54, 1.807) is 12.1 Å². The third-order valence-corrected chi connectivity index (χ3v) is 4.74. The monoisotopic (exact) mass is 360 g/mol. The lowest BCUT2D eigenvalue weighted by atomic mass is 9.89. The molecule has 0 unspecified atom stereocenters. The number of hydrogen-bond acceptors (Lipinski definition) is 2. The molecule has 4 aromatic rings. The smallest absolute Gasteiger partial charge is 0.0622 e. The standard InChI is InChI=1S/C24H16N4/c25-27-23-16-8-15-22(24(23)28-26)21-14-7-6-13-20(21)19-12-5-4-11-18(19)17-9-2-1-3-10-17/h1-16H/q+2. The number of rotatable bonds is 3. The summed E-state index contributed by atoms with van der Waals surface area (Å²) in [7, 11) is 0. The number of benzene rings is 4. The summed E-state index contributed by atoms with van der Waals surface area (Å²) in [5.74, 6) is 0. The summed E-state index contributed by atoms with van der Waals surface area (Å²) in [5, 5.41) is 18.8. The molecule has 0 spiro atoms. The van der Waals surface area contributed by atoms with Crippen molar-refractivity contribution in [3.63, 3.8) is 0 Å². The molecule has 0 heterocycles. The fraction of sp³-hybridized carbons (Fsp3) is 0. The van der Waals surface area contributed by atoms with E-state index in [-0.39, 0.29) is 11.4 Å². The molecule has 0 bridgehead atoms. The zero-order valence-electron chi connectivity index (χ0n) is 15.0. The molecule has 4 heteroatoms. The Hall–Kier alpha value is -4.28. The second kappa shape index (κ2) is 7.53. The van der Waals surface area contributed by atoms with Crippen molar-refractivity contribution in [3.05, 3.63) is 107 Å². The van der Waals surface area contributed by atoms with Crippen LogP contribution in [0.15, 0.2) is 97.1 Å². The Morgan fingerprint density at radius 1 is 0.429 bits per heavy atom. The summed E-state index contributed by atoms with van der Waals surface area (Å²) in [5.41, 5.74) is 6.34. The van der Waals surface area contributed by atoms with Crippen LogP contribution in [-0.4, -0.2) is 0 Å². The van der Waals surface area contributed by atoms with Gasteiger partial charge in [-0.15, -0.1) is 0 Å². The van der Waals surface area contributed by atoms with Crippen LogP contribution in [0, 0.1) is 10.8 Å². The van der Waals surface area contributed by atoms with Crippen molar-refractivity contribution in [1.82, 2.24) is 0 Å². The zero-order valence-corrected chi connectivity index (χ0v) is 15.0. The molecular weight excluding hydrogens is 344 g/mol. The van der Waals surface area contributed by atoms with E-state index in [1.807, 2.05) is 60.7 Å². The zero-order chi connectivity index (χ0) is 19.3. The van der Waals surface area contributed by atoms with Gasteiger partial charge in [-0.05, 0) is 33.9 Å². The average molecular weight is 360 g/mol. The Morgan fingerprint density at radius 2 is 0.929 bits per heavy atom. The highest BCUT2D eigenvalue weighted by atomic mass is 14.9. The van der Waals surface area contributed by atoms with Crippen LogP contribution in [0.5, 0.6) is 0 Å². The van der Waals surface area contributed by atoms with Crippen LogP contribution >= 0.6 is 0 Å². The van der Waals surface area contributed by atoms with E-state index >= 15 is 0 Å². The maximum absolute atomic E-state index is 9.54. The van der Waals surface area contributed by atoms with Crippen LogP contribution in [0.2, 0.25) is 0 Å². The van der Waals surface area contributed by atoms with Crippen LogP contribution in [0.25, 0.3) is 43.3 Å². The van der Waals surface area contributed by atoms with Crippen LogP contribution in [0.4, 0.5) is 11.4 Å². The van der Waals surface area contributed by atoms with Gasteiger partial charge in [0.1, 0.15) is 0 Å². The van der Waals surface area contributed by atoms with Crippen LogP contribution in [0.3, 0.4) is 0 Å². The molecule has 4 aromatic carbocycles. The molecule has 0 aliphatic heterocycles. The molecule has 0 aromatic heterocycles. The Bertz CT molecular complexity index is 1230. The van der Waals surface area contributed by atoms with Gasteiger partial charge in [-0.1, -0.05) is 84.9 Å². The Kier molecular flexibility index (Phi) is 4.61. The van der Waals surface area contributed by atoms with E-state index < -0.39 is 0 Å². The normalized spacial score (nSPS) is 10.1. The van der Waals surface area contributed by atoms with Crippen LogP contribution in [0.1, 0.15) is 0 Å². The topological polar surface area (TPSA) is 56.3 Å². The van der Waals surface area contributed by atoms with Crippen molar-refractivity contribution >= 4 is 11.4 Å². The Morgan fingerprint density at radius 3 is 1.54 bits per heavy atom. The number of hydrogen-bond donors (Lipinski definition) is 0. The second-order valence-electron chi connectivity index (χ2n) is 6.33. The Labute approximate surface area is 163 Å². The molecule has 0 aliphatic rings. The van der Waals surface area contributed by atoms with E-state index in [0.29, 0.717) is 5.56 Å². The fourth-order valence-corrected chi connectivity index (χ4v) is 3.47. The molecule has 0 saturated heterocycles. The minimum atomic E-state index is 0.214. The molecule has 4 rings (SSSR count). The summed E-state index contributed by atoms with van der Waals surface area (Å²) >= 11 is 0. The summed E-state index contributed by atoms with van der Waals surface area (Å²) in [6, 6.07) is 31.6. The van der Waals surface area contributed by atoms with Gasteiger partial charge in [0.15, 0.2) is 9.95 Å². The summed E-state index contributed by atoms with van der Waals surface area (Å²) in [6.07, 6.45) is 0. The first kappa shape index (κ1) is 17.1. The van der Waals surface area contributed by atoms with Gasteiger partial charge in [0.2, 0.25) is 10.8 Å². The van der Waals surface area contributed by atoms with Crippen LogP contribution in [-0.2, 0) is 0 Å². The van der Waals surface area contributed by atoms with E-state index in [1.165, 1.54) is 0 Å². The molecule has 0 N–H and O–H groups in total. The van der Waals surface area contributed by atoms with E-state index in [0.717, 1.165) is 27.8 Å². The molecule has 28 heavy (non-hydrogen) atoms. The minimum Gasteiger partial charge on any atom is -0.0622 e. The predicted molar refractivity (Wildman–Crippen MR) is 112 cm³/mol. The fourth-order valence-electron chi connectivity index (χ4n) is 3.47. The first-order valence-electron chi connectivity index (χ1n) is 8.91. The lowest BCUT2D eigenvalue weighted by Gasteiger charge is -2.13. The van der Waals surface area contributed by atoms with E-state index in [4.69, 9.17) is 0 Å². The first-order valence-corrected chi connectivity index (χ1v) is 8.91. The summed E-state index contributed by atoms with van der Waals surface area (Å²) in [4.78, 5) is 6.62. The van der Waals surface area contributed by atoms with Gasteiger partial charge in [0.25, 0.3) is 0 Å². The second-order valence-corrected chi connectivity index (χ2v) is 6.33. The predicted octanol–water partition coefficient (Wildman–Crippen LogP) is 7.66. The van der Waals surface area contributed by atoms with Gasteiger partial charge in [-0.25, -0.2) is 0 Å². The molecule has 0 saturated carbocycles. The highest BCUT2D eigenvalue weighted by molar-refractivity contribution is 5.97. The molecule has 0 aliphatic carbocycles. The SMILES string of the molecule is N#[N+]c1cccc(-c2ccccc2-c2ccccc2-c2ccccc2)c1[N+]#N. The highest BCUT2D eigenvalue weighted by Gasteiger charge is 2.31. The van der Waals surface area contributed by atoms with Gasteiger partial charge in [-0.2, -0.15) is 0 Å². The quantitative estimate of drug-likeness (QED) is 0.352. The van der Waals surface area contributed by atoms with E-state index in [9.17, 15) is 10.8 Å². The molecule has 0 radical (unpaired) electrons. The molecule has 4 nitrogen and oxygen atoms in total. The van der Waals surface area contributed by atoms with Gasteiger partial charge < -0.3 is 0 Å². The Balaban J connectivity index is 1.99. The molecule has 0 fully saturated rings. The lowest BCUT2D eigenvalue weighted by molar-refractivity contribution is 1.43. The summed E-state index contributed by atoms with van der Waals surface area (Å²) in [6.45, 7) is 0. The minimum absolute atomic E-state index is 0.214. The largest absolute Gasteiger partial charge is 0.486 e. The van der Waals surface area contributed by atoms with Gasteiger partial charge in [0, 0.05) is 6.07 Å². The van der Waals surface area contributed by atoms with Gasteiger partial charge in [0.05, 0.1) is 5.56 Å². The molecule has 130 valence electrons. The number of nitrogens with zero attached hydrogens (tertiary/aromatic N) is 4. The first-order chi connectivity index (χ1) is 13.8. The van der Waals surface area contributed by atoms with Gasteiger partial charge in [-0.3, -0.25) is 0 Å². The van der Waals surface area contributed by atoms with Crippen molar-refractivity contribution in [2.45, 2.75) is 0 Å². The van der Waals surface area contributed by atoms with Crippen molar-refractivity contribution in [2.24, 2.45) is 0 Å². The molecule has 0 amide bonds. The third kappa shape index (κ3) is 3.00. The van der Waals surface area contributed by atoms with Crippen molar-refractivity contribution < 1.29 is 0 Å². The maximum atomic E-state index is 9.54. The van der Waals surface area contributed by atoms with Crippen LogP contribution < -0.4 is 0 Å². The van der Waals surface area contributed by atoms with E-state index in [2.05, 4.69) is 34.2 Å².